The molecule has 0 amide bonds. The number of hydrogen-bond donors (Lipinski definition) is 0. The highest BCUT2D eigenvalue weighted by atomic mass is 15.1. The number of hydrogen-bond acceptors (Lipinski definition) is 0. The molecule has 0 spiro atoms. The summed E-state index contributed by atoms with van der Waals surface area (Å²) in [6, 6.07) is 18.3. The molecule has 1 aliphatic heterocycles. The molecular formula is C28H34N+. The summed E-state index contributed by atoms with van der Waals surface area (Å²) in [5.41, 5.74) is 5.53. The average Bonchev–Trinajstić information content (AvgIpc) is 2.77. The summed E-state index contributed by atoms with van der Waals surface area (Å²) in [6.07, 6.45) is 10.2. The predicted octanol–water partition coefficient (Wildman–Crippen LogP) is 7.11. The van der Waals surface area contributed by atoms with Gasteiger partial charge in [0.15, 0.2) is 11.7 Å². The van der Waals surface area contributed by atoms with E-state index in [1.807, 2.05) is 0 Å². The highest BCUT2D eigenvalue weighted by Crippen LogP contribution is 2.52. The maximum atomic E-state index is 4.33. The smallest absolute Gasteiger partial charge is 0.188 e. The lowest BCUT2D eigenvalue weighted by Gasteiger charge is -2.46. The Morgan fingerprint density at radius 3 is 2.45 bits per heavy atom. The van der Waals surface area contributed by atoms with E-state index in [1.54, 1.807) is 0 Å². The number of nitrogens with zero attached hydrogens (tertiary/aromatic N) is 1. The van der Waals surface area contributed by atoms with Crippen molar-refractivity contribution in [3.8, 4) is 11.3 Å². The fraction of sp³-hybridized carbons (Fsp3) is 0.393. The van der Waals surface area contributed by atoms with E-state index in [4.69, 9.17) is 0 Å². The topological polar surface area (TPSA) is 3.88 Å². The molecule has 2 aromatic carbocycles. The van der Waals surface area contributed by atoms with Crippen LogP contribution in [0.3, 0.4) is 0 Å². The zero-order valence-electron chi connectivity index (χ0n) is 18.5. The molecule has 2 unspecified atom stereocenters. The molecular weight excluding hydrogens is 350 g/mol. The van der Waals surface area contributed by atoms with Crippen LogP contribution in [0.15, 0.2) is 67.4 Å². The molecule has 2 atom stereocenters. The van der Waals surface area contributed by atoms with Gasteiger partial charge in [0.25, 0.3) is 0 Å². The lowest BCUT2D eigenvalue weighted by Crippen LogP contribution is -2.68. The molecule has 150 valence electrons. The third-order valence-corrected chi connectivity index (χ3v) is 7.63. The van der Waals surface area contributed by atoms with E-state index in [9.17, 15) is 0 Å². The Morgan fingerprint density at radius 2 is 1.76 bits per heavy atom. The monoisotopic (exact) mass is 384 g/mol. The molecule has 0 saturated heterocycles. The highest BCUT2D eigenvalue weighted by molar-refractivity contribution is 5.99. The third-order valence-electron chi connectivity index (χ3n) is 7.63. The summed E-state index contributed by atoms with van der Waals surface area (Å²) in [4.78, 5) is 0. The molecule has 1 aliphatic rings. The van der Waals surface area contributed by atoms with Gasteiger partial charge in [0.2, 0.25) is 5.69 Å². The number of pyridine rings is 1. The van der Waals surface area contributed by atoms with Crippen molar-refractivity contribution < 1.29 is 4.57 Å². The number of unbranched alkanes of at least 4 members (excludes halogenated alkanes) is 1. The Bertz CT molecular complexity index is 1060. The minimum atomic E-state index is -0.126. The molecule has 2 heterocycles. The minimum Gasteiger partial charge on any atom is -0.188 e. The minimum absolute atomic E-state index is 0.00847. The summed E-state index contributed by atoms with van der Waals surface area (Å²) < 4.78 is 2.50. The van der Waals surface area contributed by atoms with Crippen molar-refractivity contribution >= 4 is 10.8 Å². The van der Waals surface area contributed by atoms with Crippen molar-refractivity contribution in [3.63, 3.8) is 0 Å². The molecule has 0 fully saturated rings. The van der Waals surface area contributed by atoms with Gasteiger partial charge in [-0.25, -0.2) is 0 Å². The Hall–Kier alpha value is -2.41. The van der Waals surface area contributed by atoms with E-state index in [-0.39, 0.29) is 11.0 Å². The number of aryl methyl sites for hydroxylation is 1. The molecule has 4 rings (SSSR count). The number of allylic oxidation sites excluding steroid dienone is 1. The number of aromatic nitrogens is 1. The van der Waals surface area contributed by atoms with Crippen molar-refractivity contribution in [3.05, 3.63) is 78.5 Å². The van der Waals surface area contributed by atoms with Crippen LogP contribution in [-0.4, -0.2) is 0 Å². The van der Waals surface area contributed by atoms with E-state index in [1.165, 1.54) is 46.0 Å². The molecule has 29 heavy (non-hydrogen) atoms. The van der Waals surface area contributed by atoms with E-state index >= 15 is 0 Å². The average molecular weight is 385 g/mol. The lowest BCUT2D eigenvalue weighted by molar-refractivity contribution is -0.756. The van der Waals surface area contributed by atoms with Crippen LogP contribution in [0.2, 0.25) is 0 Å². The highest BCUT2D eigenvalue weighted by Gasteiger charge is 2.57. The number of rotatable bonds is 6. The van der Waals surface area contributed by atoms with Gasteiger partial charge in [0.1, 0.15) is 0 Å². The van der Waals surface area contributed by atoms with E-state index in [0.717, 1.165) is 19.3 Å². The van der Waals surface area contributed by atoms with Gasteiger partial charge in [0.05, 0.1) is 11.0 Å². The maximum Gasteiger partial charge on any atom is 0.214 e. The van der Waals surface area contributed by atoms with E-state index in [2.05, 4.69) is 99.6 Å². The van der Waals surface area contributed by atoms with Crippen LogP contribution in [0.5, 0.6) is 0 Å². The number of benzene rings is 2. The summed E-state index contributed by atoms with van der Waals surface area (Å²) >= 11 is 0. The molecule has 1 aromatic heterocycles. The molecule has 0 aliphatic carbocycles. The van der Waals surface area contributed by atoms with Crippen LogP contribution < -0.4 is 4.57 Å². The van der Waals surface area contributed by atoms with Crippen LogP contribution in [-0.2, 0) is 17.4 Å². The second-order valence-corrected chi connectivity index (χ2v) is 8.73. The van der Waals surface area contributed by atoms with Gasteiger partial charge in [-0.05, 0) is 60.2 Å². The maximum absolute atomic E-state index is 4.33. The second-order valence-electron chi connectivity index (χ2n) is 8.73. The second kappa shape index (κ2) is 7.44. The fourth-order valence-electron chi connectivity index (χ4n) is 5.76. The summed E-state index contributed by atoms with van der Waals surface area (Å²) in [5.74, 6) is 0. The first-order valence-corrected chi connectivity index (χ1v) is 11.3. The summed E-state index contributed by atoms with van der Waals surface area (Å²) in [7, 11) is 0. The first-order valence-electron chi connectivity index (χ1n) is 11.3. The van der Waals surface area contributed by atoms with Gasteiger partial charge < -0.3 is 0 Å². The van der Waals surface area contributed by atoms with Crippen LogP contribution in [0, 0.1) is 0 Å². The molecule has 0 N–H and O–H groups in total. The van der Waals surface area contributed by atoms with Crippen molar-refractivity contribution in [1.82, 2.24) is 0 Å². The quantitative estimate of drug-likeness (QED) is 0.315. The summed E-state index contributed by atoms with van der Waals surface area (Å²) in [6.45, 7) is 13.7. The van der Waals surface area contributed by atoms with Gasteiger partial charge in [-0.15, -0.1) is 0 Å². The molecule has 0 saturated carbocycles. The normalized spacial score (nSPS) is 22.9. The van der Waals surface area contributed by atoms with Crippen LogP contribution in [0.1, 0.15) is 64.5 Å². The largest absolute Gasteiger partial charge is 0.214 e. The van der Waals surface area contributed by atoms with Gasteiger partial charge in [-0.1, -0.05) is 64.1 Å². The molecule has 0 bridgehead atoms. The van der Waals surface area contributed by atoms with E-state index in [0.29, 0.717) is 0 Å². The Morgan fingerprint density at radius 1 is 0.931 bits per heavy atom. The Labute approximate surface area is 176 Å². The van der Waals surface area contributed by atoms with E-state index < -0.39 is 0 Å². The fourth-order valence-corrected chi connectivity index (χ4v) is 5.76. The molecule has 0 radical (unpaired) electrons. The summed E-state index contributed by atoms with van der Waals surface area (Å²) in [5, 5.41) is 2.81. The molecule has 1 nitrogen and oxygen atoms in total. The van der Waals surface area contributed by atoms with Crippen LogP contribution >= 0.6 is 0 Å². The van der Waals surface area contributed by atoms with Crippen molar-refractivity contribution in [2.45, 2.75) is 70.8 Å². The van der Waals surface area contributed by atoms with Crippen molar-refractivity contribution in [1.29, 1.82) is 0 Å². The zero-order valence-corrected chi connectivity index (χ0v) is 18.5. The molecule has 1 heteroatoms. The predicted molar refractivity (Wildman–Crippen MR) is 124 cm³/mol. The first-order chi connectivity index (χ1) is 14.1. The van der Waals surface area contributed by atoms with Gasteiger partial charge in [0, 0.05) is 18.6 Å². The third kappa shape index (κ3) is 2.63. The SMILES string of the molecule is C=CC1(CC)[n+]2ccccc2-c2c(ccc3c(CCCC)cccc23)C1(C)CC. The van der Waals surface area contributed by atoms with Crippen LogP contribution in [0.4, 0.5) is 0 Å². The Kier molecular flexibility index (Phi) is 5.11. The number of fused-ring (bicyclic) bond motifs is 5. The van der Waals surface area contributed by atoms with Crippen LogP contribution in [0.25, 0.3) is 22.0 Å². The van der Waals surface area contributed by atoms with Crippen molar-refractivity contribution in [2.75, 3.05) is 0 Å². The van der Waals surface area contributed by atoms with Gasteiger partial charge in [-0.3, -0.25) is 0 Å². The standard InChI is InChI=1S/C28H34N/c1-6-10-14-21-15-13-16-23-22(21)18-19-24-26(23)25-17-11-12-20-29(25)28(8-3,9-4)27(24,5)7-2/h8,11-13,15-20H,3,6-7,9-10,14H2,1-2,4-5H3/q+1. The van der Waals surface area contributed by atoms with Gasteiger partial charge in [-0.2, -0.15) is 4.57 Å². The first kappa shape index (κ1) is 19.9. The Balaban J connectivity index is 2.12. The van der Waals surface area contributed by atoms with Crippen molar-refractivity contribution in [2.24, 2.45) is 0 Å². The van der Waals surface area contributed by atoms with Gasteiger partial charge >= 0.3 is 0 Å². The lowest BCUT2D eigenvalue weighted by atomic mass is 9.59. The zero-order chi connectivity index (χ0) is 20.6. The molecule has 3 aromatic rings.